The topological polar surface area (TPSA) is 68.5 Å². The van der Waals surface area contributed by atoms with Crippen LogP contribution in [0.2, 0.25) is 0 Å². The lowest BCUT2D eigenvalue weighted by atomic mass is 10.1. The average molecular weight is 314 g/mol. The van der Waals surface area contributed by atoms with Gasteiger partial charge < -0.3 is 9.88 Å². The monoisotopic (exact) mass is 314 g/mol. The van der Waals surface area contributed by atoms with Crippen LogP contribution < -0.4 is 5.32 Å². The molecule has 22 heavy (non-hydrogen) atoms. The van der Waals surface area contributed by atoms with Gasteiger partial charge in [-0.1, -0.05) is 13.8 Å². The Hall–Kier alpha value is -2.02. The van der Waals surface area contributed by atoms with Crippen LogP contribution in [0.15, 0.2) is 17.8 Å². The number of anilines is 1. The summed E-state index contributed by atoms with van der Waals surface area (Å²) in [7, 11) is 0. The predicted octanol–water partition coefficient (Wildman–Crippen LogP) is 2.83. The summed E-state index contributed by atoms with van der Waals surface area (Å²) in [5.41, 5.74) is 0. The molecule has 0 aliphatic carbocycles. The number of hydrogen-bond donors (Lipinski definition) is 1. The smallest absolute Gasteiger partial charge is 0.138 e. The van der Waals surface area contributed by atoms with E-state index in [-0.39, 0.29) is 0 Å². The van der Waals surface area contributed by atoms with E-state index >= 15 is 0 Å². The molecule has 1 aliphatic heterocycles. The summed E-state index contributed by atoms with van der Waals surface area (Å²) >= 11 is 1.64. The zero-order valence-electron chi connectivity index (χ0n) is 12.7. The molecule has 0 saturated carbocycles. The second kappa shape index (κ2) is 5.31. The Morgan fingerprint density at radius 1 is 1.32 bits per heavy atom. The van der Waals surface area contributed by atoms with Crippen molar-refractivity contribution in [2.75, 3.05) is 5.32 Å². The summed E-state index contributed by atoms with van der Waals surface area (Å²) in [6.07, 6.45) is 3.63. The Labute approximate surface area is 132 Å². The molecule has 3 aromatic rings. The van der Waals surface area contributed by atoms with Crippen LogP contribution >= 0.6 is 11.3 Å². The minimum absolute atomic E-state index is 0.346. The van der Waals surface area contributed by atoms with Crippen molar-refractivity contribution in [2.45, 2.75) is 45.2 Å². The Morgan fingerprint density at radius 3 is 3.09 bits per heavy atom. The third-order valence-electron chi connectivity index (χ3n) is 4.09. The van der Waals surface area contributed by atoms with Gasteiger partial charge in [-0.3, -0.25) is 0 Å². The summed E-state index contributed by atoms with van der Waals surface area (Å²) < 4.78 is 2.26. The first kappa shape index (κ1) is 13.6. The molecule has 0 aromatic carbocycles. The molecule has 4 rings (SSSR count). The van der Waals surface area contributed by atoms with Crippen LogP contribution in [0.5, 0.6) is 0 Å². The molecule has 7 heteroatoms. The fraction of sp³-hybridized carbons (Fsp3) is 0.467. The predicted molar refractivity (Wildman–Crippen MR) is 87.3 cm³/mol. The molecule has 4 heterocycles. The molecule has 114 valence electrons. The summed E-state index contributed by atoms with van der Waals surface area (Å²) in [6.45, 7) is 5.22. The molecule has 0 spiro atoms. The van der Waals surface area contributed by atoms with Crippen molar-refractivity contribution < 1.29 is 0 Å². The van der Waals surface area contributed by atoms with Crippen molar-refractivity contribution in [1.29, 1.82) is 0 Å². The fourth-order valence-corrected chi connectivity index (χ4v) is 3.72. The van der Waals surface area contributed by atoms with E-state index in [1.54, 1.807) is 17.7 Å². The lowest BCUT2D eigenvalue weighted by molar-refractivity contribution is 0.459. The van der Waals surface area contributed by atoms with E-state index in [1.807, 2.05) is 0 Å². The molecule has 1 atom stereocenters. The lowest BCUT2D eigenvalue weighted by Gasteiger charge is -2.26. The highest BCUT2D eigenvalue weighted by atomic mass is 32.1. The second-order valence-corrected chi connectivity index (χ2v) is 6.88. The molecule has 0 amide bonds. The molecule has 0 radical (unpaired) electrons. The number of nitrogens with one attached hydrogen (secondary N) is 1. The summed E-state index contributed by atoms with van der Waals surface area (Å²) in [4.78, 5) is 9.75. The van der Waals surface area contributed by atoms with Gasteiger partial charge >= 0.3 is 0 Å². The third kappa shape index (κ3) is 2.25. The van der Waals surface area contributed by atoms with Crippen molar-refractivity contribution >= 4 is 27.4 Å². The first-order valence-electron chi connectivity index (χ1n) is 7.59. The summed E-state index contributed by atoms with van der Waals surface area (Å²) in [5, 5.41) is 15.4. The van der Waals surface area contributed by atoms with Crippen molar-refractivity contribution in [3.05, 3.63) is 29.4 Å². The van der Waals surface area contributed by atoms with Crippen molar-refractivity contribution in [1.82, 2.24) is 24.7 Å². The highest BCUT2D eigenvalue weighted by Gasteiger charge is 2.24. The molecule has 6 nitrogen and oxygen atoms in total. The number of fused-ring (bicyclic) bond motifs is 2. The van der Waals surface area contributed by atoms with Gasteiger partial charge in [-0.15, -0.1) is 21.5 Å². The Morgan fingerprint density at radius 2 is 2.23 bits per heavy atom. The molecular weight excluding hydrogens is 296 g/mol. The Bertz CT molecular complexity index is 805. The van der Waals surface area contributed by atoms with E-state index in [4.69, 9.17) is 0 Å². The standard InChI is InChI=1S/C15H18N6S/c1-9(2)14-20-19-12-4-3-10(7-21(12)14)18-13-11-5-6-22-15(11)17-8-16-13/h5-6,8-10H,3-4,7H2,1-2H3,(H,16,17,18)/t10-/m0/s1. The van der Waals surface area contributed by atoms with E-state index in [0.29, 0.717) is 12.0 Å². The van der Waals surface area contributed by atoms with Crippen LogP contribution in [-0.4, -0.2) is 30.8 Å². The number of nitrogens with zero attached hydrogens (tertiary/aromatic N) is 5. The molecule has 0 saturated heterocycles. The maximum absolute atomic E-state index is 4.42. The van der Waals surface area contributed by atoms with Crippen LogP contribution in [0, 0.1) is 0 Å². The van der Waals surface area contributed by atoms with E-state index in [0.717, 1.165) is 47.1 Å². The normalized spacial score (nSPS) is 17.9. The zero-order chi connectivity index (χ0) is 15.1. The van der Waals surface area contributed by atoms with E-state index in [1.165, 1.54) is 0 Å². The van der Waals surface area contributed by atoms with E-state index < -0.39 is 0 Å². The lowest BCUT2D eigenvalue weighted by Crippen LogP contribution is -2.32. The first-order valence-corrected chi connectivity index (χ1v) is 8.47. The van der Waals surface area contributed by atoms with Crippen molar-refractivity contribution in [3.63, 3.8) is 0 Å². The first-order chi connectivity index (χ1) is 10.7. The molecule has 0 unspecified atom stereocenters. The van der Waals surface area contributed by atoms with Gasteiger partial charge in [0, 0.05) is 24.9 Å². The minimum Gasteiger partial charge on any atom is -0.365 e. The fourth-order valence-electron chi connectivity index (χ4n) is 2.99. The molecule has 0 bridgehead atoms. The average Bonchev–Trinajstić information content (AvgIpc) is 3.13. The number of aryl methyl sites for hydroxylation is 1. The van der Waals surface area contributed by atoms with Crippen LogP contribution in [-0.2, 0) is 13.0 Å². The maximum Gasteiger partial charge on any atom is 0.138 e. The van der Waals surface area contributed by atoms with Gasteiger partial charge in [-0.25, -0.2) is 9.97 Å². The molecule has 3 aromatic heterocycles. The highest BCUT2D eigenvalue weighted by Crippen LogP contribution is 2.26. The second-order valence-electron chi connectivity index (χ2n) is 5.98. The Kier molecular flexibility index (Phi) is 3.29. The number of rotatable bonds is 3. The van der Waals surface area contributed by atoms with Gasteiger partial charge in [0.05, 0.1) is 5.39 Å². The summed E-state index contributed by atoms with van der Waals surface area (Å²) in [6, 6.07) is 2.42. The van der Waals surface area contributed by atoms with Crippen LogP contribution in [0.25, 0.3) is 10.2 Å². The van der Waals surface area contributed by atoms with Crippen molar-refractivity contribution in [3.8, 4) is 0 Å². The molecule has 0 fully saturated rings. The third-order valence-corrected chi connectivity index (χ3v) is 4.92. The van der Waals surface area contributed by atoms with Gasteiger partial charge in [0.15, 0.2) is 0 Å². The number of thiophene rings is 1. The van der Waals surface area contributed by atoms with Gasteiger partial charge in [0.2, 0.25) is 0 Å². The molecule has 1 aliphatic rings. The van der Waals surface area contributed by atoms with Crippen LogP contribution in [0.3, 0.4) is 0 Å². The van der Waals surface area contributed by atoms with E-state index in [9.17, 15) is 0 Å². The Balaban J connectivity index is 1.60. The van der Waals surface area contributed by atoms with Gasteiger partial charge in [-0.05, 0) is 17.9 Å². The van der Waals surface area contributed by atoms with Crippen LogP contribution in [0.4, 0.5) is 5.82 Å². The van der Waals surface area contributed by atoms with E-state index in [2.05, 4.69) is 55.3 Å². The minimum atomic E-state index is 0.346. The van der Waals surface area contributed by atoms with Gasteiger partial charge in [0.25, 0.3) is 0 Å². The number of aromatic nitrogens is 5. The van der Waals surface area contributed by atoms with Gasteiger partial charge in [0.1, 0.15) is 28.6 Å². The molecular formula is C15H18N6S. The maximum atomic E-state index is 4.42. The zero-order valence-corrected chi connectivity index (χ0v) is 13.5. The summed E-state index contributed by atoms with van der Waals surface area (Å²) in [5.74, 6) is 3.50. The van der Waals surface area contributed by atoms with Crippen molar-refractivity contribution in [2.24, 2.45) is 0 Å². The highest BCUT2D eigenvalue weighted by molar-refractivity contribution is 7.16. The van der Waals surface area contributed by atoms with Crippen LogP contribution in [0.1, 0.15) is 37.8 Å². The largest absolute Gasteiger partial charge is 0.365 e. The van der Waals surface area contributed by atoms with Gasteiger partial charge in [-0.2, -0.15) is 0 Å². The molecule has 1 N–H and O–H groups in total. The number of hydrogen-bond acceptors (Lipinski definition) is 6. The quantitative estimate of drug-likeness (QED) is 0.805. The SMILES string of the molecule is CC(C)c1nnc2n1C[C@@H](Nc1ncnc3sccc13)CC2.